The van der Waals surface area contributed by atoms with Crippen LogP contribution in [-0.4, -0.2) is 37.3 Å². The number of rotatable bonds is 5. The van der Waals surface area contributed by atoms with Crippen molar-refractivity contribution in [2.45, 2.75) is 10.9 Å². The first-order valence-corrected chi connectivity index (χ1v) is 8.32. The largest absolute Gasteiger partial charge is 0.494 e. The number of para-hydroxylation sites is 4. The number of aromatic nitrogens is 6. The quantitative estimate of drug-likeness (QED) is 0.564. The second-order valence-electron chi connectivity index (χ2n) is 5.03. The van der Waals surface area contributed by atoms with E-state index in [4.69, 9.17) is 4.74 Å². The molecule has 0 amide bonds. The van der Waals surface area contributed by atoms with Crippen molar-refractivity contribution in [1.29, 1.82) is 0 Å². The predicted octanol–water partition coefficient (Wildman–Crippen LogP) is 2.84. The third kappa shape index (κ3) is 2.71. The molecule has 120 valence electrons. The van der Waals surface area contributed by atoms with Gasteiger partial charge in [0.2, 0.25) is 5.16 Å². The Labute approximate surface area is 142 Å². The van der Waals surface area contributed by atoms with Crippen LogP contribution in [0.3, 0.4) is 0 Å². The molecule has 4 rings (SSSR count). The van der Waals surface area contributed by atoms with Crippen LogP contribution >= 0.6 is 11.8 Å². The highest BCUT2D eigenvalue weighted by molar-refractivity contribution is 7.98. The maximum atomic E-state index is 5.38. The van der Waals surface area contributed by atoms with Gasteiger partial charge in [-0.1, -0.05) is 36.0 Å². The predicted molar refractivity (Wildman–Crippen MR) is 91.4 cm³/mol. The number of hydrogen-bond acceptors (Lipinski definition) is 6. The third-order valence-corrected chi connectivity index (χ3v) is 4.46. The number of hydrogen-bond donors (Lipinski definition) is 1. The zero-order valence-corrected chi connectivity index (χ0v) is 13.7. The number of benzene rings is 2. The molecule has 2 aromatic heterocycles. The summed E-state index contributed by atoms with van der Waals surface area (Å²) < 4.78 is 7.06. The highest BCUT2D eigenvalue weighted by Gasteiger charge is 2.13. The summed E-state index contributed by atoms with van der Waals surface area (Å²) >= 11 is 1.51. The molecule has 1 N–H and O–H groups in total. The average Bonchev–Trinajstić information content (AvgIpc) is 3.26. The Morgan fingerprint density at radius 2 is 1.96 bits per heavy atom. The maximum absolute atomic E-state index is 5.38. The molecule has 8 heteroatoms. The lowest BCUT2D eigenvalue weighted by Gasteiger charge is -2.08. The van der Waals surface area contributed by atoms with Crippen LogP contribution in [0.25, 0.3) is 16.7 Å². The molecular formula is C16H14N6OS. The zero-order valence-electron chi connectivity index (χ0n) is 12.9. The molecule has 0 atom stereocenters. The van der Waals surface area contributed by atoms with Crippen molar-refractivity contribution in [3.05, 3.63) is 54.4 Å². The lowest BCUT2D eigenvalue weighted by molar-refractivity contribution is 0.410. The number of methoxy groups -OCH3 is 1. The Hall–Kier alpha value is -2.87. The molecule has 0 fully saturated rings. The number of H-pyrrole nitrogens is 1. The van der Waals surface area contributed by atoms with Gasteiger partial charge in [-0.25, -0.2) is 4.98 Å². The summed E-state index contributed by atoms with van der Waals surface area (Å²) in [5.41, 5.74) is 2.78. The van der Waals surface area contributed by atoms with Crippen LogP contribution in [0.4, 0.5) is 0 Å². The van der Waals surface area contributed by atoms with Crippen molar-refractivity contribution < 1.29 is 4.74 Å². The van der Waals surface area contributed by atoms with Crippen LogP contribution in [0, 0.1) is 0 Å². The molecule has 0 aliphatic carbocycles. The molecular weight excluding hydrogens is 324 g/mol. The van der Waals surface area contributed by atoms with Gasteiger partial charge in [-0.2, -0.15) is 4.68 Å². The topological polar surface area (TPSA) is 81.5 Å². The van der Waals surface area contributed by atoms with E-state index in [0.29, 0.717) is 10.9 Å². The first-order chi connectivity index (χ1) is 11.8. The molecule has 0 bridgehead atoms. The van der Waals surface area contributed by atoms with E-state index in [1.165, 1.54) is 11.8 Å². The molecule has 2 heterocycles. The maximum Gasteiger partial charge on any atom is 0.214 e. The van der Waals surface area contributed by atoms with E-state index in [1.807, 2.05) is 48.5 Å². The van der Waals surface area contributed by atoms with Crippen LogP contribution < -0.4 is 4.74 Å². The summed E-state index contributed by atoms with van der Waals surface area (Å²) in [5.74, 6) is 2.25. The van der Waals surface area contributed by atoms with E-state index in [0.717, 1.165) is 28.3 Å². The fourth-order valence-corrected chi connectivity index (χ4v) is 3.19. The minimum Gasteiger partial charge on any atom is -0.494 e. The Balaban J connectivity index is 1.59. The first-order valence-electron chi connectivity index (χ1n) is 7.33. The SMILES string of the molecule is COc1ccccc1-n1nnnc1SCc1nc2ccccc2[nH]1. The van der Waals surface area contributed by atoms with Crippen LogP contribution in [0.2, 0.25) is 0 Å². The number of thioether (sulfide) groups is 1. The molecule has 0 radical (unpaired) electrons. The van der Waals surface area contributed by atoms with Gasteiger partial charge in [0.25, 0.3) is 0 Å². The molecule has 4 aromatic rings. The lowest BCUT2D eigenvalue weighted by Crippen LogP contribution is -2.02. The standard InChI is InChI=1S/C16H14N6OS/c1-23-14-9-5-4-8-13(14)22-16(19-20-21-22)24-10-15-17-11-6-2-3-7-12(11)18-15/h2-9H,10H2,1H3,(H,17,18). The second-order valence-corrected chi connectivity index (χ2v) is 5.98. The number of fused-ring (bicyclic) bond motifs is 1. The molecule has 24 heavy (non-hydrogen) atoms. The monoisotopic (exact) mass is 338 g/mol. The van der Waals surface area contributed by atoms with Gasteiger partial charge in [-0.05, 0) is 34.7 Å². The number of tetrazole rings is 1. The van der Waals surface area contributed by atoms with Crippen molar-refractivity contribution in [2.75, 3.05) is 7.11 Å². The highest BCUT2D eigenvalue weighted by Crippen LogP contribution is 2.27. The number of nitrogens with zero attached hydrogens (tertiary/aromatic N) is 5. The molecule has 7 nitrogen and oxygen atoms in total. The van der Waals surface area contributed by atoms with Gasteiger partial charge in [0.1, 0.15) is 17.3 Å². The minimum atomic E-state index is 0.643. The van der Waals surface area contributed by atoms with Crippen molar-refractivity contribution in [2.24, 2.45) is 0 Å². The summed E-state index contributed by atoms with van der Waals surface area (Å²) in [6.07, 6.45) is 0. The Morgan fingerprint density at radius 3 is 2.83 bits per heavy atom. The van der Waals surface area contributed by atoms with E-state index in [-0.39, 0.29) is 0 Å². The van der Waals surface area contributed by atoms with Crippen molar-refractivity contribution in [3.63, 3.8) is 0 Å². The van der Waals surface area contributed by atoms with Gasteiger partial charge in [-0.15, -0.1) is 5.10 Å². The number of ether oxygens (including phenoxy) is 1. The summed E-state index contributed by atoms with van der Waals surface area (Å²) in [5, 5.41) is 12.6. The van der Waals surface area contributed by atoms with E-state index < -0.39 is 0 Å². The van der Waals surface area contributed by atoms with E-state index in [1.54, 1.807) is 11.8 Å². The van der Waals surface area contributed by atoms with E-state index >= 15 is 0 Å². The van der Waals surface area contributed by atoms with Gasteiger partial charge in [0.15, 0.2) is 0 Å². The minimum absolute atomic E-state index is 0.643. The van der Waals surface area contributed by atoms with Crippen LogP contribution in [0.15, 0.2) is 53.7 Å². The van der Waals surface area contributed by atoms with Crippen molar-refractivity contribution >= 4 is 22.8 Å². The third-order valence-electron chi connectivity index (χ3n) is 3.53. The Bertz CT molecular complexity index is 946. The fourth-order valence-electron chi connectivity index (χ4n) is 2.43. The van der Waals surface area contributed by atoms with Gasteiger partial charge in [0.05, 0.1) is 23.9 Å². The summed E-state index contributed by atoms with van der Waals surface area (Å²) in [7, 11) is 1.63. The normalized spacial score (nSPS) is 11.0. The Kier molecular flexibility index (Phi) is 3.87. The summed E-state index contributed by atoms with van der Waals surface area (Å²) in [6.45, 7) is 0. The molecule has 0 spiro atoms. The van der Waals surface area contributed by atoms with Crippen molar-refractivity contribution in [1.82, 2.24) is 30.2 Å². The fraction of sp³-hybridized carbons (Fsp3) is 0.125. The smallest absolute Gasteiger partial charge is 0.214 e. The Morgan fingerprint density at radius 1 is 1.12 bits per heavy atom. The van der Waals surface area contributed by atoms with Crippen LogP contribution in [0.5, 0.6) is 5.75 Å². The van der Waals surface area contributed by atoms with E-state index in [2.05, 4.69) is 25.5 Å². The van der Waals surface area contributed by atoms with Gasteiger partial charge < -0.3 is 9.72 Å². The van der Waals surface area contributed by atoms with E-state index in [9.17, 15) is 0 Å². The summed E-state index contributed by atoms with van der Waals surface area (Å²) in [6, 6.07) is 15.6. The second kappa shape index (κ2) is 6.32. The molecule has 0 saturated carbocycles. The average molecular weight is 338 g/mol. The van der Waals surface area contributed by atoms with Crippen LogP contribution in [-0.2, 0) is 5.75 Å². The van der Waals surface area contributed by atoms with Gasteiger partial charge >= 0.3 is 0 Å². The highest BCUT2D eigenvalue weighted by atomic mass is 32.2. The zero-order chi connectivity index (χ0) is 16.4. The molecule has 0 unspecified atom stereocenters. The van der Waals surface area contributed by atoms with Gasteiger partial charge in [-0.3, -0.25) is 0 Å². The number of aromatic amines is 1. The molecule has 2 aromatic carbocycles. The molecule has 0 aliphatic heterocycles. The summed E-state index contributed by atoms with van der Waals surface area (Å²) in [4.78, 5) is 7.87. The van der Waals surface area contributed by atoms with Gasteiger partial charge in [0, 0.05) is 0 Å². The number of nitrogens with one attached hydrogen (secondary N) is 1. The molecule has 0 saturated heterocycles. The number of imidazole rings is 1. The van der Waals surface area contributed by atoms with Crippen LogP contribution in [0.1, 0.15) is 5.82 Å². The first kappa shape index (κ1) is 14.7. The lowest BCUT2D eigenvalue weighted by atomic mass is 10.3. The van der Waals surface area contributed by atoms with Crippen molar-refractivity contribution in [3.8, 4) is 11.4 Å². The molecule has 0 aliphatic rings.